The predicted octanol–water partition coefficient (Wildman–Crippen LogP) is 2.69. The summed E-state index contributed by atoms with van der Waals surface area (Å²) in [5, 5.41) is 4.42. The number of methoxy groups -OCH3 is 1. The van der Waals surface area contributed by atoms with Gasteiger partial charge < -0.3 is 10.1 Å². The molecule has 0 amide bonds. The molecule has 2 nitrogen and oxygen atoms in total. The molecule has 1 aromatic rings. The van der Waals surface area contributed by atoms with Gasteiger partial charge in [-0.05, 0) is 12.1 Å². The lowest BCUT2D eigenvalue weighted by Gasteiger charge is -2.28. The molecule has 0 atom stereocenters. The average Bonchev–Trinajstić information content (AvgIpc) is 2.99. The third-order valence-corrected chi connectivity index (χ3v) is 2.76. The molecule has 13 heavy (non-hydrogen) atoms. The summed E-state index contributed by atoms with van der Waals surface area (Å²) in [7, 11) is 3.59. The Bertz CT molecular complexity index is 305. The highest BCUT2D eigenvalue weighted by molar-refractivity contribution is 5.40. The minimum absolute atomic E-state index is 0.120. The van der Waals surface area contributed by atoms with Gasteiger partial charge in [0.05, 0.1) is 7.11 Å². The standard InChI is InChI=1S/C11H14NO/c1-12-11(6-7-11)9-4-3-5-10(8-9)13-2/h3-5,8H,6-7H2,1-2H3/q-1. The highest BCUT2D eigenvalue weighted by atomic mass is 16.5. The summed E-state index contributed by atoms with van der Waals surface area (Å²) in [6.07, 6.45) is 2.35. The molecule has 0 radical (unpaired) electrons. The average molecular weight is 176 g/mol. The van der Waals surface area contributed by atoms with Crippen molar-refractivity contribution in [3.05, 3.63) is 35.1 Å². The van der Waals surface area contributed by atoms with Crippen molar-refractivity contribution in [2.75, 3.05) is 14.2 Å². The summed E-state index contributed by atoms with van der Waals surface area (Å²) in [5.41, 5.74) is 1.41. The third kappa shape index (κ3) is 1.42. The zero-order chi connectivity index (χ0) is 9.31. The first-order valence-electron chi connectivity index (χ1n) is 4.56. The van der Waals surface area contributed by atoms with Gasteiger partial charge in [0.15, 0.2) is 0 Å². The second-order valence-corrected chi connectivity index (χ2v) is 3.49. The van der Waals surface area contributed by atoms with Crippen LogP contribution >= 0.6 is 0 Å². The fourth-order valence-corrected chi connectivity index (χ4v) is 1.67. The van der Waals surface area contributed by atoms with E-state index in [0.717, 1.165) is 5.75 Å². The van der Waals surface area contributed by atoms with Gasteiger partial charge in [0, 0.05) is 0 Å². The summed E-state index contributed by atoms with van der Waals surface area (Å²) in [6.45, 7) is 0. The van der Waals surface area contributed by atoms with Crippen LogP contribution in [0.15, 0.2) is 24.3 Å². The zero-order valence-corrected chi connectivity index (χ0v) is 8.08. The smallest absolute Gasteiger partial charge is 0.119 e. The molecule has 0 unspecified atom stereocenters. The third-order valence-electron chi connectivity index (χ3n) is 2.76. The molecule has 1 fully saturated rings. The van der Waals surface area contributed by atoms with E-state index in [9.17, 15) is 0 Å². The maximum Gasteiger partial charge on any atom is 0.119 e. The highest BCUT2D eigenvalue weighted by Crippen LogP contribution is 2.52. The van der Waals surface area contributed by atoms with Crippen molar-refractivity contribution in [1.29, 1.82) is 0 Å². The van der Waals surface area contributed by atoms with Gasteiger partial charge in [0.2, 0.25) is 0 Å². The normalized spacial score (nSPS) is 18.3. The Morgan fingerprint density at radius 1 is 1.38 bits per heavy atom. The maximum atomic E-state index is 5.18. The van der Waals surface area contributed by atoms with Crippen molar-refractivity contribution in [2.45, 2.75) is 18.4 Å². The molecular weight excluding hydrogens is 162 g/mol. The van der Waals surface area contributed by atoms with Crippen LogP contribution in [0, 0.1) is 0 Å². The Hall–Kier alpha value is -1.02. The van der Waals surface area contributed by atoms with E-state index in [1.807, 2.05) is 19.2 Å². The van der Waals surface area contributed by atoms with Crippen LogP contribution in [0.3, 0.4) is 0 Å². The van der Waals surface area contributed by atoms with Crippen molar-refractivity contribution < 1.29 is 4.74 Å². The molecular formula is C11H14NO-. The van der Waals surface area contributed by atoms with Crippen molar-refractivity contribution in [1.82, 2.24) is 0 Å². The first-order chi connectivity index (χ1) is 6.30. The van der Waals surface area contributed by atoms with E-state index in [1.54, 1.807) is 7.11 Å². The molecule has 0 aliphatic heterocycles. The molecule has 0 N–H and O–H groups in total. The summed E-state index contributed by atoms with van der Waals surface area (Å²) in [4.78, 5) is 0. The number of hydrogen-bond donors (Lipinski definition) is 0. The lowest BCUT2D eigenvalue weighted by molar-refractivity contribution is 0.414. The van der Waals surface area contributed by atoms with E-state index in [-0.39, 0.29) is 5.54 Å². The monoisotopic (exact) mass is 176 g/mol. The molecule has 0 spiro atoms. The molecule has 2 heteroatoms. The second-order valence-electron chi connectivity index (χ2n) is 3.49. The van der Waals surface area contributed by atoms with E-state index in [2.05, 4.69) is 17.4 Å². The Labute approximate surface area is 78.9 Å². The van der Waals surface area contributed by atoms with Crippen LogP contribution in [-0.4, -0.2) is 14.2 Å². The lowest BCUT2D eigenvalue weighted by atomic mass is 10.1. The fraction of sp³-hybridized carbons (Fsp3) is 0.455. The minimum Gasteiger partial charge on any atom is -0.656 e. The molecule has 1 aliphatic rings. The van der Waals surface area contributed by atoms with Gasteiger partial charge in [-0.3, -0.25) is 0 Å². The van der Waals surface area contributed by atoms with Crippen LogP contribution in [0.4, 0.5) is 0 Å². The Morgan fingerprint density at radius 3 is 2.69 bits per heavy atom. The predicted molar refractivity (Wildman–Crippen MR) is 53.2 cm³/mol. The van der Waals surface area contributed by atoms with E-state index in [0.29, 0.717) is 0 Å². The second kappa shape index (κ2) is 3.04. The van der Waals surface area contributed by atoms with Gasteiger partial charge in [0.25, 0.3) is 0 Å². The van der Waals surface area contributed by atoms with Crippen molar-refractivity contribution in [3.8, 4) is 5.75 Å². The fourth-order valence-electron chi connectivity index (χ4n) is 1.67. The molecule has 0 bridgehead atoms. The van der Waals surface area contributed by atoms with Gasteiger partial charge in [-0.1, -0.05) is 36.1 Å². The Kier molecular flexibility index (Phi) is 2.00. The Balaban J connectivity index is 2.30. The van der Waals surface area contributed by atoms with Crippen LogP contribution < -0.4 is 4.74 Å². The summed E-state index contributed by atoms with van der Waals surface area (Å²) < 4.78 is 5.18. The first kappa shape index (κ1) is 8.57. The van der Waals surface area contributed by atoms with Crippen molar-refractivity contribution in [2.24, 2.45) is 0 Å². The van der Waals surface area contributed by atoms with E-state index >= 15 is 0 Å². The topological polar surface area (TPSA) is 23.3 Å². The molecule has 0 heterocycles. The van der Waals surface area contributed by atoms with Gasteiger partial charge in [0.1, 0.15) is 5.75 Å². The van der Waals surface area contributed by atoms with E-state index in [1.165, 1.54) is 18.4 Å². The SMILES string of the molecule is C[N-]C1(c2cccc(OC)c2)CC1. The van der Waals surface area contributed by atoms with Crippen LogP contribution in [-0.2, 0) is 5.54 Å². The van der Waals surface area contributed by atoms with Gasteiger partial charge >= 0.3 is 0 Å². The number of nitrogens with zero attached hydrogens (tertiary/aromatic N) is 1. The first-order valence-corrected chi connectivity index (χ1v) is 4.56. The van der Waals surface area contributed by atoms with Gasteiger partial charge in [-0.2, -0.15) is 7.05 Å². The lowest BCUT2D eigenvalue weighted by Crippen LogP contribution is -2.03. The van der Waals surface area contributed by atoms with Gasteiger partial charge in [-0.15, -0.1) is 0 Å². The summed E-state index contributed by atoms with van der Waals surface area (Å²) >= 11 is 0. The summed E-state index contributed by atoms with van der Waals surface area (Å²) in [6, 6.07) is 8.21. The largest absolute Gasteiger partial charge is 0.656 e. The zero-order valence-electron chi connectivity index (χ0n) is 8.08. The van der Waals surface area contributed by atoms with Crippen LogP contribution in [0.5, 0.6) is 5.75 Å². The van der Waals surface area contributed by atoms with Crippen molar-refractivity contribution >= 4 is 0 Å². The number of hydrogen-bond acceptors (Lipinski definition) is 1. The highest BCUT2D eigenvalue weighted by Gasteiger charge is 2.33. The molecule has 1 aliphatic carbocycles. The summed E-state index contributed by atoms with van der Waals surface area (Å²) in [5.74, 6) is 0.924. The molecule has 0 aromatic heterocycles. The van der Waals surface area contributed by atoms with Crippen LogP contribution in [0.25, 0.3) is 5.32 Å². The number of rotatable bonds is 3. The molecule has 1 aromatic carbocycles. The minimum atomic E-state index is 0.120. The number of benzene rings is 1. The van der Waals surface area contributed by atoms with Crippen molar-refractivity contribution in [3.63, 3.8) is 0 Å². The van der Waals surface area contributed by atoms with Gasteiger partial charge in [-0.25, -0.2) is 0 Å². The quantitative estimate of drug-likeness (QED) is 0.694. The van der Waals surface area contributed by atoms with Crippen LogP contribution in [0.1, 0.15) is 18.4 Å². The molecule has 1 saturated carbocycles. The molecule has 0 saturated heterocycles. The Morgan fingerprint density at radius 2 is 2.15 bits per heavy atom. The van der Waals surface area contributed by atoms with E-state index in [4.69, 9.17) is 4.74 Å². The van der Waals surface area contributed by atoms with E-state index < -0.39 is 0 Å². The maximum absolute atomic E-state index is 5.18. The molecule has 70 valence electrons. The molecule has 2 rings (SSSR count). The number of ether oxygens (including phenoxy) is 1. The van der Waals surface area contributed by atoms with Crippen LogP contribution in [0.2, 0.25) is 0 Å².